The molecule has 0 aliphatic carbocycles. The highest BCUT2D eigenvalue weighted by Gasteiger charge is 2.16. The average Bonchev–Trinajstić information content (AvgIpc) is 2.52. The average molecular weight is 302 g/mol. The molecule has 0 bridgehead atoms. The van der Waals surface area contributed by atoms with Crippen molar-refractivity contribution < 1.29 is 44.8 Å². The molecule has 116 valence electrons. The van der Waals surface area contributed by atoms with Gasteiger partial charge in [-0.15, -0.1) is 0 Å². The number of rotatable bonds is 8. The maximum absolute atomic E-state index is 9.01. The minimum atomic E-state index is -0.508. The SMILES string of the molecule is OC=COC(=CO)C(=CO)OC(=CO)C(=CO)OC=CO. The van der Waals surface area contributed by atoms with Gasteiger partial charge in [0, 0.05) is 0 Å². The van der Waals surface area contributed by atoms with Crippen molar-refractivity contribution in [3.63, 3.8) is 0 Å². The van der Waals surface area contributed by atoms with Gasteiger partial charge in [0.15, 0.2) is 0 Å². The van der Waals surface area contributed by atoms with E-state index >= 15 is 0 Å². The molecule has 0 unspecified atom stereocenters. The van der Waals surface area contributed by atoms with E-state index in [2.05, 4.69) is 9.47 Å². The van der Waals surface area contributed by atoms with Crippen molar-refractivity contribution in [2.75, 3.05) is 0 Å². The molecule has 0 aliphatic rings. The van der Waals surface area contributed by atoms with Crippen molar-refractivity contribution in [2.24, 2.45) is 0 Å². The van der Waals surface area contributed by atoms with Crippen LogP contribution in [0.15, 0.2) is 73.1 Å². The number of hydrogen-bond donors (Lipinski definition) is 6. The van der Waals surface area contributed by atoms with Gasteiger partial charge in [-0.2, -0.15) is 0 Å². The lowest BCUT2D eigenvalue weighted by Gasteiger charge is -2.13. The normalized spacial score (nSPS) is 14.7. The summed E-state index contributed by atoms with van der Waals surface area (Å²) in [6.07, 6.45) is 4.06. The second-order valence-corrected chi connectivity index (χ2v) is 2.88. The maximum Gasteiger partial charge on any atom is 0.207 e. The lowest BCUT2D eigenvalue weighted by atomic mass is 10.4. The Kier molecular flexibility index (Phi) is 8.86. The molecular formula is C12H14O9. The Morgan fingerprint density at radius 2 is 0.857 bits per heavy atom. The topological polar surface area (TPSA) is 149 Å². The zero-order valence-electron chi connectivity index (χ0n) is 10.5. The summed E-state index contributed by atoms with van der Waals surface area (Å²) in [7, 11) is 0. The summed E-state index contributed by atoms with van der Waals surface area (Å²) in [5.74, 6) is -1.91. The first-order valence-corrected chi connectivity index (χ1v) is 5.16. The van der Waals surface area contributed by atoms with Crippen LogP contribution in [0.4, 0.5) is 0 Å². The van der Waals surface area contributed by atoms with Crippen molar-refractivity contribution >= 4 is 0 Å². The first-order valence-electron chi connectivity index (χ1n) is 5.16. The molecule has 0 amide bonds. The fourth-order valence-corrected chi connectivity index (χ4v) is 0.911. The smallest absolute Gasteiger partial charge is 0.207 e. The van der Waals surface area contributed by atoms with Crippen LogP contribution in [0.3, 0.4) is 0 Å². The minimum Gasteiger partial charge on any atom is -0.512 e. The van der Waals surface area contributed by atoms with E-state index in [4.69, 9.17) is 35.4 Å². The molecule has 6 N–H and O–H groups in total. The quantitative estimate of drug-likeness (QED) is 0.294. The molecule has 0 radical (unpaired) electrons. The van der Waals surface area contributed by atoms with Crippen molar-refractivity contribution in [2.45, 2.75) is 0 Å². The fraction of sp³-hybridized carbons (Fsp3) is 0. The molecule has 0 aliphatic heterocycles. The molecule has 9 nitrogen and oxygen atoms in total. The standard InChI is InChI=1S/C12H14O9/c13-1-3-19-9(5-15)11(7-17)21-12(8-18)10(6-16)20-4-2-14/h1-8,13-18H. The van der Waals surface area contributed by atoms with Crippen LogP contribution < -0.4 is 0 Å². The molecule has 21 heavy (non-hydrogen) atoms. The summed E-state index contributed by atoms with van der Waals surface area (Å²) in [6, 6.07) is 0. The van der Waals surface area contributed by atoms with Gasteiger partial charge in [-0.3, -0.25) is 0 Å². The third-order valence-electron chi connectivity index (χ3n) is 1.69. The van der Waals surface area contributed by atoms with Crippen LogP contribution in [-0.2, 0) is 14.2 Å². The third-order valence-corrected chi connectivity index (χ3v) is 1.69. The van der Waals surface area contributed by atoms with Crippen LogP contribution in [0.1, 0.15) is 0 Å². The molecule has 9 heteroatoms. The maximum atomic E-state index is 9.01. The lowest BCUT2D eigenvalue weighted by molar-refractivity contribution is 0.192. The molecule has 0 heterocycles. The van der Waals surface area contributed by atoms with Crippen LogP contribution in [0.2, 0.25) is 0 Å². The summed E-state index contributed by atoms with van der Waals surface area (Å²) in [6.45, 7) is 0. The lowest BCUT2D eigenvalue weighted by Crippen LogP contribution is -2.03. The second-order valence-electron chi connectivity index (χ2n) is 2.88. The van der Waals surface area contributed by atoms with Crippen LogP contribution in [0, 0.1) is 0 Å². The van der Waals surface area contributed by atoms with E-state index in [0.29, 0.717) is 37.6 Å². The molecule has 0 fully saturated rings. The van der Waals surface area contributed by atoms with E-state index in [1.54, 1.807) is 0 Å². The molecule has 0 aromatic carbocycles. The van der Waals surface area contributed by atoms with Gasteiger partial charge >= 0.3 is 0 Å². The van der Waals surface area contributed by atoms with E-state index in [-0.39, 0.29) is 0 Å². The number of aliphatic hydroxyl groups excluding tert-OH is 6. The Labute approximate surface area is 119 Å². The highest BCUT2D eigenvalue weighted by Crippen LogP contribution is 2.21. The van der Waals surface area contributed by atoms with Crippen LogP contribution in [-0.4, -0.2) is 30.6 Å². The number of hydrogen-bond acceptors (Lipinski definition) is 9. The van der Waals surface area contributed by atoms with Crippen molar-refractivity contribution in [1.29, 1.82) is 0 Å². The van der Waals surface area contributed by atoms with Gasteiger partial charge in [-0.25, -0.2) is 0 Å². The molecule has 0 atom stereocenters. The van der Waals surface area contributed by atoms with Gasteiger partial charge in [-0.05, 0) is 0 Å². The van der Waals surface area contributed by atoms with E-state index < -0.39 is 23.0 Å². The summed E-state index contributed by atoms with van der Waals surface area (Å²) >= 11 is 0. The third kappa shape index (κ3) is 5.87. The second kappa shape index (κ2) is 10.6. The molecule has 0 saturated carbocycles. The van der Waals surface area contributed by atoms with Gasteiger partial charge < -0.3 is 44.8 Å². The van der Waals surface area contributed by atoms with Gasteiger partial charge in [0.1, 0.15) is 50.1 Å². The van der Waals surface area contributed by atoms with Crippen molar-refractivity contribution in [1.82, 2.24) is 0 Å². The largest absolute Gasteiger partial charge is 0.512 e. The number of ether oxygens (including phenoxy) is 3. The zero-order valence-corrected chi connectivity index (χ0v) is 10.5. The molecule has 0 aromatic rings. The van der Waals surface area contributed by atoms with Crippen LogP contribution in [0.25, 0.3) is 0 Å². The monoisotopic (exact) mass is 302 g/mol. The Morgan fingerprint density at radius 1 is 0.524 bits per heavy atom. The number of aliphatic hydroxyl groups is 6. The van der Waals surface area contributed by atoms with Gasteiger partial charge in [-0.1, -0.05) is 0 Å². The predicted molar refractivity (Wildman–Crippen MR) is 69.6 cm³/mol. The predicted octanol–water partition coefficient (Wildman–Crippen LogP) is 2.69. The van der Waals surface area contributed by atoms with E-state index in [0.717, 1.165) is 12.5 Å². The van der Waals surface area contributed by atoms with Crippen LogP contribution in [0.5, 0.6) is 0 Å². The summed E-state index contributed by atoms with van der Waals surface area (Å²) < 4.78 is 14.3. The molecule has 0 aromatic heterocycles. The molecular weight excluding hydrogens is 288 g/mol. The summed E-state index contributed by atoms with van der Waals surface area (Å²) in [5.41, 5.74) is 0. The molecule has 0 saturated heterocycles. The van der Waals surface area contributed by atoms with E-state index in [1.807, 2.05) is 0 Å². The molecule has 0 spiro atoms. The highest BCUT2D eigenvalue weighted by molar-refractivity contribution is 5.25. The Bertz CT molecular complexity index is 439. The minimum absolute atomic E-state index is 0.369. The van der Waals surface area contributed by atoms with Crippen molar-refractivity contribution in [3.8, 4) is 0 Å². The summed E-state index contributed by atoms with van der Waals surface area (Å²) in [4.78, 5) is 0. The van der Waals surface area contributed by atoms with Crippen LogP contribution >= 0.6 is 0 Å². The van der Waals surface area contributed by atoms with Gasteiger partial charge in [0.2, 0.25) is 23.0 Å². The first-order chi connectivity index (χ1) is 10.2. The Morgan fingerprint density at radius 3 is 1.10 bits per heavy atom. The first kappa shape index (κ1) is 17.6. The Hall–Kier alpha value is -3.36. The highest BCUT2D eigenvalue weighted by atomic mass is 16.6. The van der Waals surface area contributed by atoms with Gasteiger partial charge in [0.25, 0.3) is 0 Å². The van der Waals surface area contributed by atoms with Crippen molar-refractivity contribution in [3.05, 3.63) is 73.1 Å². The fourth-order valence-electron chi connectivity index (χ4n) is 0.911. The molecule has 0 rings (SSSR count). The van der Waals surface area contributed by atoms with Gasteiger partial charge in [0.05, 0.1) is 0 Å². The van der Waals surface area contributed by atoms with E-state index in [9.17, 15) is 0 Å². The van der Waals surface area contributed by atoms with E-state index in [1.165, 1.54) is 0 Å². The zero-order chi connectivity index (χ0) is 16.1. The summed E-state index contributed by atoms with van der Waals surface area (Å²) in [5, 5.41) is 52.7. The Balaban J connectivity index is 5.17.